The lowest BCUT2D eigenvalue weighted by Crippen LogP contribution is -2.55. The van der Waals surface area contributed by atoms with Gasteiger partial charge in [-0.25, -0.2) is 8.42 Å². The van der Waals surface area contributed by atoms with E-state index in [1.807, 2.05) is 45.0 Å². The van der Waals surface area contributed by atoms with Crippen LogP contribution < -0.4 is 9.62 Å². The number of aryl methyl sites for hydroxylation is 1. The first-order valence-electron chi connectivity index (χ1n) is 10.5. The molecule has 0 radical (unpaired) electrons. The van der Waals surface area contributed by atoms with Crippen molar-refractivity contribution in [3.8, 4) is 0 Å². The molecule has 1 saturated heterocycles. The van der Waals surface area contributed by atoms with E-state index in [-0.39, 0.29) is 16.7 Å². The standard InChI is InChI=1S/C23H30ClN3O3S/c1-17(2)16-21(25-31(29,30)19-10-8-18(3)9-11-19)23(28)27-14-12-26(13-15-27)22-7-5-4-6-20(22)24/h4-11,17,21,25H,12-16H2,1-3H3. The molecule has 1 aliphatic heterocycles. The summed E-state index contributed by atoms with van der Waals surface area (Å²) in [6.07, 6.45) is 0.439. The smallest absolute Gasteiger partial charge is 0.241 e. The van der Waals surface area contributed by atoms with Crippen LogP contribution in [-0.4, -0.2) is 51.4 Å². The number of amides is 1. The molecule has 1 atom stereocenters. The van der Waals surface area contributed by atoms with Crippen molar-refractivity contribution in [2.45, 2.75) is 38.1 Å². The molecule has 3 rings (SSSR count). The van der Waals surface area contributed by atoms with Crippen molar-refractivity contribution in [2.24, 2.45) is 5.92 Å². The maximum Gasteiger partial charge on any atom is 0.241 e. The fourth-order valence-electron chi connectivity index (χ4n) is 3.74. The zero-order valence-electron chi connectivity index (χ0n) is 18.2. The Bertz CT molecular complexity index is 1000. The Kier molecular flexibility index (Phi) is 7.62. The predicted molar refractivity (Wildman–Crippen MR) is 125 cm³/mol. The molecular weight excluding hydrogens is 434 g/mol. The second-order valence-electron chi connectivity index (χ2n) is 8.38. The van der Waals surface area contributed by atoms with Gasteiger partial charge in [-0.1, -0.05) is 55.3 Å². The Morgan fingerprint density at radius 1 is 1.03 bits per heavy atom. The molecule has 0 spiro atoms. The van der Waals surface area contributed by atoms with Crippen molar-refractivity contribution in [1.29, 1.82) is 0 Å². The predicted octanol–water partition coefficient (Wildman–Crippen LogP) is 3.69. The third kappa shape index (κ3) is 5.99. The van der Waals surface area contributed by atoms with E-state index in [0.29, 0.717) is 37.6 Å². The first kappa shape index (κ1) is 23.6. The number of nitrogens with one attached hydrogen (secondary N) is 1. The summed E-state index contributed by atoms with van der Waals surface area (Å²) in [4.78, 5) is 17.3. The molecule has 1 heterocycles. The van der Waals surface area contributed by atoms with Crippen LogP contribution >= 0.6 is 11.6 Å². The maximum absolute atomic E-state index is 13.3. The highest BCUT2D eigenvalue weighted by Gasteiger charge is 2.31. The van der Waals surface area contributed by atoms with E-state index in [9.17, 15) is 13.2 Å². The summed E-state index contributed by atoms with van der Waals surface area (Å²) in [5, 5.41) is 0.686. The number of carbonyl (C=O) groups excluding carboxylic acids is 1. The molecule has 1 aliphatic rings. The number of anilines is 1. The van der Waals surface area contributed by atoms with Crippen LogP contribution in [0.2, 0.25) is 5.02 Å². The highest BCUT2D eigenvalue weighted by Crippen LogP contribution is 2.26. The maximum atomic E-state index is 13.3. The van der Waals surface area contributed by atoms with E-state index in [2.05, 4.69) is 9.62 Å². The molecule has 0 aliphatic carbocycles. The second-order valence-corrected chi connectivity index (χ2v) is 10.5. The summed E-state index contributed by atoms with van der Waals surface area (Å²) in [7, 11) is -3.79. The number of carbonyl (C=O) groups is 1. The van der Waals surface area contributed by atoms with Crippen molar-refractivity contribution in [1.82, 2.24) is 9.62 Å². The minimum Gasteiger partial charge on any atom is -0.367 e. The van der Waals surface area contributed by atoms with Gasteiger partial charge in [0.15, 0.2) is 0 Å². The van der Waals surface area contributed by atoms with Crippen LogP contribution in [-0.2, 0) is 14.8 Å². The van der Waals surface area contributed by atoms with Gasteiger partial charge in [0.1, 0.15) is 6.04 Å². The van der Waals surface area contributed by atoms with Crippen LogP contribution in [0.5, 0.6) is 0 Å². The number of sulfonamides is 1. The highest BCUT2D eigenvalue weighted by molar-refractivity contribution is 7.89. The zero-order chi connectivity index (χ0) is 22.6. The topological polar surface area (TPSA) is 69.7 Å². The lowest BCUT2D eigenvalue weighted by molar-refractivity contribution is -0.133. The first-order valence-corrected chi connectivity index (χ1v) is 12.4. The zero-order valence-corrected chi connectivity index (χ0v) is 19.8. The molecule has 1 N–H and O–H groups in total. The number of benzene rings is 2. The number of rotatable bonds is 7. The van der Waals surface area contributed by atoms with E-state index in [1.54, 1.807) is 29.2 Å². The number of nitrogens with zero attached hydrogens (tertiary/aromatic N) is 2. The van der Waals surface area contributed by atoms with E-state index in [0.717, 1.165) is 11.3 Å². The van der Waals surface area contributed by atoms with Crippen molar-refractivity contribution in [3.63, 3.8) is 0 Å². The summed E-state index contributed by atoms with van der Waals surface area (Å²) < 4.78 is 28.4. The molecule has 0 bridgehead atoms. The summed E-state index contributed by atoms with van der Waals surface area (Å²) in [6.45, 7) is 8.20. The van der Waals surface area contributed by atoms with Gasteiger partial charge in [0, 0.05) is 26.2 Å². The van der Waals surface area contributed by atoms with Crippen LogP contribution in [0.3, 0.4) is 0 Å². The van der Waals surface area contributed by atoms with E-state index in [1.165, 1.54) is 0 Å². The Morgan fingerprint density at radius 3 is 2.23 bits per heavy atom. The Morgan fingerprint density at radius 2 is 1.65 bits per heavy atom. The van der Waals surface area contributed by atoms with Crippen LogP contribution in [0.1, 0.15) is 25.8 Å². The van der Waals surface area contributed by atoms with Gasteiger partial charge >= 0.3 is 0 Å². The second kappa shape index (κ2) is 10.0. The third-order valence-corrected chi connectivity index (χ3v) is 7.23. The van der Waals surface area contributed by atoms with Crippen LogP contribution in [0, 0.1) is 12.8 Å². The van der Waals surface area contributed by atoms with E-state index < -0.39 is 16.1 Å². The van der Waals surface area contributed by atoms with Crippen molar-refractivity contribution < 1.29 is 13.2 Å². The average Bonchev–Trinajstić information content (AvgIpc) is 2.73. The molecule has 168 valence electrons. The summed E-state index contributed by atoms with van der Waals surface area (Å²) in [5.41, 5.74) is 1.93. The number of hydrogen-bond acceptors (Lipinski definition) is 4. The number of piperazine rings is 1. The van der Waals surface area contributed by atoms with Gasteiger partial charge in [0.05, 0.1) is 15.6 Å². The minimum atomic E-state index is -3.79. The normalized spacial score (nSPS) is 15.9. The quantitative estimate of drug-likeness (QED) is 0.679. The van der Waals surface area contributed by atoms with Gasteiger partial charge in [-0.15, -0.1) is 0 Å². The molecule has 0 aromatic heterocycles. The molecule has 1 fully saturated rings. The summed E-state index contributed by atoms with van der Waals surface area (Å²) in [6, 6.07) is 13.5. The SMILES string of the molecule is Cc1ccc(S(=O)(=O)NC(CC(C)C)C(=O)N2CCN(c3ccccc3Cl)CC2)cc1. The van der Waals surface area contributed by atoms with Crippen molar-refractivity contribution in [2.75, 3.05) is 31.1 Å². The van der Waals surface area contributed by atoms with Crippen molar-refractivity contribution in [3.05, 3.63) is 59.1 Å². The van der Waals surface area contributed by atoms with Gasteiger partial charge in [0.2, 0.25) is 15.9 Å². The fourth-order valence-corrected chi connectivity index (χ4v) is 5.20. The minimum absolute atomic E-state index is 0.166. The molecule has 1 unspecified atom stereocenters. The molecule has 8 heteroatoms. The molecule has 1 amide bonds. The van der Waals surface area contributed by atoms with Gasteiger partial charge in [0.25, 0.3) is 0 Å². The largest absolute Gasteiger partial charge is 0.367 e. The van der Waals surface area contributed by atoms with Crippen LogP contribution in [0.15, 0.2) is 53.4 Å². The van der Waals surface area contributed by atoms with Gasteiger partial charge in [-0.05, 0) is 43.5 Å². The van der Waals surface area contributed by atoms with E-state index >= 15 is 0 Å². The molecule has 6 nitrogen and oxygen atoms in total. The molecule has 2 aromatic rings. The number of hydrogen-bond donors (Lipinski definition) is 1. The molecule has 31 heavy (non-hydrogen) atoms. The van der Waals surface area contributed by atoms with Crippen LogP contribution in [0.4, 0.5) is 5.69 Å². The number of para-hydroxylation sites is 1. The highest BCUT2D eigenvalue weighted by atomic mass is 35.5. The van der Waals surface area contributed by atoms with Crippen molar-refractivity contribution >= 4 is 33.2 Å². The Balaban J connectivity index is 1.70. The molecule has 2 aromatic carbocycles. The Labute approximate surface area is 190 Å². The molecular formula is C23H30ClN3O3S. The average molecular weight is 464 g/mol. The number of halogens is 1. The third-order valence-electron chi connectivity index (χ3n) is 5.42. The van der Waals surface area contributed by atoms with Gasteiger partial charge in [-0.2, -0.15) is 4.72 Å². The fraction of sp³-hybridized carbons (Fsp3) is 0.435. The Hall–Kier alpha value is -2.09. The van der Waals surface area contributed by atoms with Crippen LogP contribution in [0.25, 0.3) is 0 Å². The van der Waals surface area contributed by atoms with Gasteiger partial charge < -0.3 is 9.80 Å². The summed E-state index contributed by atoms with van der Waals surface area (Å²) in [5.74, 6) is -0.0118. The lowest BCUT2D eigenvalue weighted by Gasteiger charge is -2.38. The van der Waals surface area contributed by atoms with E-state index in [4.69, 9.17) is 11.6 Å². The van der Waals surface area contributed by atoms with Gasteiger partial charge in [-0.3, -0.25) is 4.79 Å². The monoisotopic (exact) mass is 463 g/mol. The first-order chi connectivity index (χ1) is 14.7. The molecule has 0 saturated carbocycles. The summed E-state index contributed by atoms with van der Waals surface area (Å²) >= 11 is 6.31. The lowest BCUT2D eigenvalue weighted by atomic mass is 10.0.